The molecule has 3 aliphatic rings. The van der Waals surface area contributed by atoms with Crippen molar-refractivity contribution in [1.82, 2.24) is 10.6 Å². The van der Waals surface area contributed by atoms with Crippen molar-refractivity contribution >= 4 is 5.69 Å². The van der Waals surface area contributed by atoms with Gasteiger partial charge >= 0.3 is 0 Å². The number of hydrogen-bond donors (Lipinski definition) is 3. The van der Waals surface area contributed by atoms with Crippen LogP contribution in [-0.2, 0) is 25.6 Å². The van der Waals surface area contributed by atoms with Gasteiger partial charge in [0.15, 0.2) is 0 Å². The first-order chi connectivity index (χ1) is 18.0. The minimum atomic E-state index is -1.06. The van der Waals surface area contributed by atoms with Crippen molar-refractivity contribution in [3.63, 3.8) is 0 Å². The number of benzene rings is 1. The fourth-order valence-corrected chi connectivity index (χ4v) is 5.28. The zero-order chi connectivity index (χ0) is 26.1. The monoisotopic (exact) mass is 517 g/mol. The number of dihydropyridines is 1. The van der Waals surface area contributed by atoms with Gasteiger partial charge in [-0.3, -0.25) is 0 Å². The molecule has 4 rings (SSSR count). The molecule has 1 aromatic rings. The highest BCUT2D eigenvalue weighted by Gasteiger charge is 2.45. The third-order valence-corrected chi connectivity index (χ3v) is 7.28. The van der Waals surface area contributed by atoms with Gasteiger partial charge in [-0.1, -0.05) is 12.1 Å². The van der Waals surface area contributed by atoms with Gasteiger partial charge in [0.05, 0.1) is 38.7 Å². The van der Waals surface area contributed by atoms with Crippen molar-refractivity contribution in [3.05, 3.63) is 47.2 Å². The van der Waals surface area contributed by atoms with Crippen LogP contribution in [0.1, 0.15) is 25.3 Å². The van der Waals surface area contributed by atoms with E-state index in [1.54, 1.807) is 14.2 Å². The molecule has 0 aromatic heterocycles. The number of hydrogen-bond acceptors (Lipinski definition) is 9. The van der Waals surface area contributed by atoms with Gasteiger partial charge in [-0.15, -0.1) is 0 Å². The topological polar surface area (TPSA) is 93.7 Å². The quantitative estimate of drug-likeness (QED) is 0.340. The molecule has 3 aliphatic heterocycles. The van der Waals surface area contributed by atoms with E-state index in [-0.39, 0.29) is 12.1 Å². The van der Waals surface area contributed by atoms with Gasteiger partial charge in [-0.2, -0.15) is 0 Å². The van der Waals surface area contributed by atoms with Gasteiger partial charge < -0.3 is 44.3 Å². The maximum Gasteiger partial charge on any atom is 0.142 e. The van der Waals surface area contributed by atoms with E-state index in [0.717, 1.165) is 60.9 Å². The maximum atomic E-state index is 11.9. The Balaban J connectivity index is 1.42. The molecule has 3 N–H and O–H groups in total. The molecule has 0 amide bonds. The largest absolute Gasteiger partial charge is 0.490 e. The summed E-state index contributed by atoms with van der Waals surface area (Å²) in [5, 5.41) is 18.8. The Morgan fingerprint density at radius 1 is 1.14 bits per heavy atom. The van der Waals surface area contributed by atoms with E-state index in [4.69, 9.17) is 23.7 Å². The highest BCUT2D eigenvalue weighted by atomic mass is 16.5. The Bertz CT molecular complexity index is 938. The second-order valence-electron chi connectivity index (χ2n) is 9.89. The average Bonchev–Trinajstić information content (AvgIpc) is 2.91. The average molecular weight is 518 g/mol. The summed E-state index contributed by atoms with van der Waals surface area (Å²) in [6.45, 7) is 8.64. The molecule has 0 saturated carbocycles. The van der Waals surface area contributed by atoms with Crippen LogP contribution in [-0.4, -0.2) is 96.3 Å². The van der Waals surface area contributed by atoms with Gasteiger partial charge in [0.1, 0.15) is 24.1 Å². The summed E-state index contributed by atoms with van der Waals surface area (Å²) in [4.78, 5) is 2.35. The SMILES string of the molecule is COCCCN1CCOc2ccc(CO[C@H]3CNCC[C@]3(O)C3=CC=C(COCCOC)NC3C)cc21. The Hall–Kier alpha value is -2.14. The zero-order valence-corrected chi connectivity index (χ0v) is 22.5. The number of rotatable bonds is 13. The highest BCUT2D eigenvalue weighted by molar-refractivity contribution is 5.61. The fraction of sp³-hybridized carbons (Fsp3) is 0.643. The second kappa shape index (κ2) is 13.6. The number of allylic oxidation sites excluding steroid dienone is 2. The number of nitrogens with one attached hydrogen (secondary N) is 2. The van der Waals surface area contributed by atoms with Crippen molar-refractivity contribution in [2.45, 2.75) is 44.1 Å². The number of piperidine rings is 1. The van der Waals surface area contributed by atoms with Crippen LogP contribution in [0.25, 0.3) is 0 Å². The summed E-state index contributed by atoms with van der Waals surface area (Å²) in [5.74, 6) is 0.907. The molecule has 1 saturated heterocycles. The van der Waals surface area contributed by atoms with Crippen LogP contribution in [0, 0.1) is 0 Å². The molecule has 3 heterocycles. The van der Waals surface area contributed by atoms with Crippen LogP contribution in [0.5, 0.6) is 5.75 Å². The molecule has 1 aromatic carbocycles. The Morgan fingerprint density at radius 3 is 2.81 bits per heavy atom. The lowest BCUT2D eigenvalue weighted by Gasteiger charge is -2.44. The lowest BCUT2D eigenvalue weighted by atomic mass is 9.78. The molecule has 9 nitrogen and oxygen atoms in total. The number of fused-ring (bicyclic) bond motifs is 1. The van der Waals surface area contributed by atoms with E-state index in [9.17, 15) is 5.11 Å². The predicted molar refractivity (Wildman–Crippen MR) is 143 cm³/mol. The van der Waals surface area contributed by atoms with Crippen molar-refractivity contribution in [2.75, 3.05) is 78.3 Å². The first-order valence-corrected chi connectivity index (χ1v) is 13.3. The summed E-state index contributed by atoms with van der Waals surface area (Å²) in [6.07, 6.45) is 5.23. The lowest BCUT2D eigenvalue weighted by Crippen LogP contribution is -2.59. The Kier molecular flexibility index (Phi) is 10.2. The van der Waals surface area contributed by atoms with Crippen LogP contribution in [0.2, 0.25) is 0 Å². The van der Waals surface area contributed by atoms with Crippen molar-refractivity contribution in [1.29, 1.82) is 0 Å². The van der Waals surface area contributed by atoms with E-state index in [1.165, 1.54) is 0 Å². The maximum absolute atomic E-state index is 11.9. The van der Waals surface area contributed by atoms with Crippen molar-refractivity contribution in [3.8, 4) is 5.75 Å². The predicted octanol–water partition coefficient (Wildman–Crippen LogP) is 2.00. The van der Waals surface area contributed by atoms with Crippen molar-refractivity contribution < 1.29 is 28.8 Å². The number of aliphatic hydroxyl groups is 1. The van der Waals surface area contributed by atoms with Gasteiger partial charge in [0.2, 0.25) is 0 Å². The molecule has 0 aliphatic carbocycles. The normalized spacial score (nSPS) is 25.6. The number of nitrogens with zero attached hydrogens (tertiary/aromatic N) is 1. The molecule has 3 atom stereocenters. The van der Waals surface area contributed by atoms with Crippen LogP contribution >= 0.6 is 0 Å². The minimum Gasteiger partial charge on any atom is -0.490 e. The molecular formula is C28H43N3O6. The molecule has 0 spiro atoms. The number of ether oxygens (including phenoxy) is 5. The van der Waals surface area contributed by atoms with Crippen molar-refractivity contribution in [2.24, 2.45) is 0 Å². The molecule has 0 bridgehead atoms. The number of anilines is 1. The molecular weight excluding hydrogens is 474 g/mol. The fourth-order valence-electron chi connectivity index (χ4n) is 5.28. The Morgan fingerprint density at radius 2 is 2.00 bits per heavy atom. The zero-order valence-electron chi connectivity index (χ0n) is 22.5. The highest BCUT2D eigenvalue weighted by Crippen LogP contribution is 2.36. The molecule has 1 fully saturated rings. The Labute approximate surface area is 220 Å². The molecule has 206 valence electrons. The third-order valence-electron chi connectivity index (χ3n) is 7.28. The third kappa shape index (κ3) is 7.04. The molecule has 0 radical (unpaired) electrons. The van der Waals surface area contributed by atoms with Gasteiger partial charge in [-0.25, -0.2) is 0 Å². The van der Waals surface area contributed by atoms with E-state index in [1.807, 2.05) is 18.2 Å². The first-order valence-electron chi connectivity index (χ1n) is 13.3. The molecule has 9 heteroatoms. The van der Waals surface area contributed by atoms with E-state index in [2.05, 4.69) is 34.6 Å². The van der Waals surface area contributed by atoms with Gasteiger partial charge in [-0.05, 0) is 55.7 Å². The van der Waals surface area contributed by atoms with Crippen LogP contribution in [0.15, 0.2) is 41.6 Å². The van der Waals surface area contributed by atoms with Gasteiger partial charge in [0.25, 0.3) is 0 Å². The summed E-state index contributed by atoms with van der Waals surface area (Å²) in [5.41, 5.74) is 3.04. The van der Waals surface area contributed by atoms with E-state index in [0.29, 0.717) is 46.0 Å². The second-order valence-corrected chi connectivity index (χ2v) is 9.89. The van der Waals surface area contributed by atoms with Crippen LogP contribution < -0.4 is 20.3 Å². The van der Waals surface area contributed by atoms with E-state index >= 15 is 0 Å². The van der Waals surface area contributed by atoms with Crippen LogP contribution in [0.3, 0.4) is 0 Å². The van der Waals surface area contributed by atoms with Crippen LogP contribution in [0.4, 0.5) is 5.69 Å². The lowest BCUT2D eigenvalue weighted by molar-refractivity contribution is -0.110. The summed E-state index contributed by atoms with van der Waals surface area (Å²) >= 11 is 0. The summed E-state index contributed by atoms with van der Waals surface area (Å²) < 4.78 is 28.2. The standard InChI is InChI=1S/C28H43N3O6/c1-21-24(7-6-23(30-21)20-35-16-15-34-3)28(32)9-10-29-18-27(28)37-19-22-5-8-26-25(17-22)31(12-14-36-26)11-4-13-33-2/h5-8,17,21,27,29-30,32H,4,9-16,18-20H2,1-3H3/t21?,27-,28-/m0/s1. The smallest absolute Gasteiger partial charge is 0.142 e. The number of methoxy groups -OCH3 is 2. The first kappa shape index (κ1) is 27.9. The van der Waals surface area contributed by atoms with Gasteiger partial charge in [0, 0.05) is 45.7 Å². The molecule has 37 heavy (non-hydrogen) atoms. The van der Waals surface area contributed by atoms with E-state index < -0.39 is 5.60 Å². The molecule has 1 unspecified atom stereocenters. The minimum absolute atomic E-state index is 0.0261. The summed E-state index contributed by atoms with van der Waals surface area (Å²) in [6, 6.07) is 6.20. The summed E-state index contributed by atoms with van der Waals surface area (Å²) in [7, 11) is 3.40.